The number of rotatable bonds is 6. The third kappa shape index (κ3) is 4.57. The first-order valence-corrected chi connectivity index (χ1v) is 14.5. The van der Waals surface area contributed by atoms with Crippen molar-refractivity contribution in [1.29, 1.82) is 0 Å². The van der Waals surface area contributed by atoms with E-state index in [1.807, 2.05) is 12.3 Å². The van der Waals surface area contributed by atoms with Crippen molar-refractivity contribution in [2.45, 2.75) is 6.92 Å². The molecule has 0 aliphatic carbocycles. The fourth-order valence-corrected chi connectivity index (χ4v) is 10.4. The molecule has 4 aromatic carbocycles. The Bertz CT molecular complexity index is 1340. The molecule has 0 aliphatic heterocycles. The highest BCUT2D eigenvalue weighted by Crippen LogP contribution is 2.23. The maximum absolute atomic E-state index is 4.84. The second kappa shape index (κ2) is 10.4. The van der Waals surface area contributed by atoms with Gasteiger partial charge in [-0.2, -0.15) is 0 Å². The van der Waals surface area contributed by atoms with Gasteiger partial charge in [0.15, 0.2) is 8.07 Å². The SMILES string of the molecule is Cc1cnc(/C(Br)=C/c2ccccc2)cc1[Si](c1ccccc1)(c1ccccc1)c1ccccc1. The zero-order chi connectivity index (χ0) is 24.1. The minimum absolute atomic E-state index is 0.939. The number of hydrogen-bond acceptors (Lipinski definition) is 1. The molecule has 0 N–H and O–H groups in total. The smallest absolute Gasteiger partial charge is 0.180 e. The minimum Gasteiger partial charge on any atom is -0.255 e. The fraction of sp³-hybridized carbons (Fsp3) is 0.0312. The second-order valence-electron chi connectivity index (χ2n) is 8.64. The highest BCUT2D eigenvalue weighted by molar-refractivity contribution is 9.15. The quantitative estimate of drug-likeness (QED) is 0.203. The van der Waals surface area contributed by atoms with Crippen molar-refractivity contribution < 1.29 is 0 Å². The van der Waals surface area contributed by atoms with E-state index in [4.69, 9.17) is 4.98 Å². The van der Waals surface area contributed by atoms with Gasteiger partial charge in [0.1, 0.15) is 0 Å². The highest BCUT2D eigenvalue weighted by Gasteiger charge is 2.42. The summed E-state index contributed by atoms with van der Waals surface area (Å²) in [5.74, 6) is 0. The van der Waals surface area contributed by atoms with Gasteiger partial charge in [0.2, 0.25) is 0 Å². The molecule has 1 heterocycles. The van der Waals surface area contributed by atoms with Gasteiger partial charge in [-0.1, -0.05) is 121 Å². The molecule has 5 rings (SSSR count). The van der Waals surface area contributed by atoms with Crippen molar-refractivity contribution >= 4 is 55.3 Å². The number of benzene rings is 4. The zero-order valence-corrected chi connectivity index (χ0v) is 22.2. The summed E-state index contributed by atoms with van der Waals surface area (Å²) in [6.45, 7) is 2.19. The molecule has 5 aromatic rings. The van der Waals surface area contributed by atoms with Gasteiger partial charge in [-0.15, -0.1) is 0 Å². The summed E-state index contributed by atoms with van der Waals surface area (Å²) >= 11 is 3.83. The summed E-state index contributed by atoms with van der Waals surface area (Å²) in [6, 6.07) is 45.7. The van der Waals surface area contributed by atoms with Crippen molar-refractivity contribution in [3.05, 3.63) is 150 Å². The predicted molar refractivity (Wildman–Crippen MR) is 156 cm³/mol. The largest absolute Gasteiger partial charge is 0.255 e. The Morgan fingerprint density at radius 3 is 1.54 bits per heavy atom. The standard InChI is InChI=1S/C32H26BrNSi/c1-25-24-34-31(30(33)22-26-14-6-2-7-15-26)23-32(25)35(27-16-8-3-9-17-27,28-18-10-4-11-19-28)29-20-12-5-13-21-29/h2-24H,1H3/b30-22-. The van der Waals surface area contributed by atoms with Crippen LogP contribution in [0.2, 0.25) is 0 Å². The summed E-state index contributed by atoms with van der Waals surface area (Å²) in [6.07, 6.45) is 4.17. The van der Waals surface area contributed by atoms with E-state index in [-0.39, 0.29) is 0 Å². The van der Waals surface area contributed by atoms with E-state index in [2.05, 4.69) is 150 Å². The van der Waals surface area contributed by atoms with E-state index in [1.54, 1.807) is 0 Å². The Labute approximate surface area is 217 Å². The monoisotopic (exact) mass is 531 g/mol. The third-order valence-corrected chi connectivity index (χ3v) is 12.0. The molecule has 0 unspecified atom stereocenters. The molecule has 0 atom stereocenters. The number of halogens is 1. The molecule has 0 aliphatic rings. The highest BCUT2D eigenvalue weighted by atomic mass is 79.9. The molecule has 3 heteroatoms. The Morgan fingerprint density at radius 2 is 1.09 bits per heavy atom. The molecule has 0 spiro atoms. The van der Waals surface area contributed by atoms with Crippen LogP contribution in [0, 0.1) is 6.92 Å². The molecule has 0 bridgehead atoms. The van der Waals surface area contributed by atoms with Gasteiger partial charge < -0.3 is 0 Å². The van der Waals surface area contributed by atoms with Crippen LogP contribution in [-0.2, 0) is 0 Å². The van der Waals surface area contributed by atoms with Crippen LogP contribution in [0.5, 0.6) is 0 Å². The van der Waals surface area contributed by atoms with E-state index >= 15 is 0 Å². The van der Waals surface area contributed by atoms with Crippen LogP contribution in [0.25, 0.3) is 10.6 Å². The van der Waals surface area contributed by atoms with Crippen LogP contribution in [0.3, 0.4) is 0 Å². The zero-order valence-electron chi connectivity index (χ0n) is 19.6. The van der Waals surface area contributed by atoms with Gasteiger partial charge in [-0.3, -0.25) is 4.98 Å². The molecule has 0 radical (unpaired) electrons. The third-order valence-electron chi connectivity index (χ3n) is 6.47. The fourth-order valence-electron chi connectivity index (χ4n) is 4.86. The molecular weight excluding hydrogens is 506 g/mol. The molecule has 1 aromatic heterocycles. The lowest BCUT2D eigenvalue weighted by Crippen LogP contribution is -2.75. The normalized spacial score (nSPS) is 11.9. The van der Waals surface area contributed by atoms with Gasteiger partial charge >= 0.3 is 0 Å². The van der Waals surface area contributed by atoms with Gasteiger partial charge in [0, 0.05) is 10.7 Å². The lowest BCUT2D eigenvalue weighted by molar-refractivity contribution is 1.26. The van der Waals surface area contributed by atoms with E-state index in [1.165, 1.54) is 26.3 Å². The van der Waals surface area contributed by atoms with E-state index in [0.717, 1.165) is 15.7 Å². The van der Waals surface area contributed by atoms with Crippen molar-refractivity contribution in [2.24, 2.45) is 0 Å². The Hall–Kier alpha value is -3.53. The Kier molecular flexibility index (Phi) is 6.89. The number of aromatic nitrogens is 1. The summed E-state index contributed by atoms with van der Waals surface area (Å²) in [4.78, 5) is 4.84. The van der Waals surface area contributed by atoms with Crippen LogP contribution in [0.4, 0.5) is 0 Å². The molecular formula is C32H26BrNSi. The van der Waals surface area contributed by atoms with Crippen LogP contribution in [0.15, 0.2) is 134 Å². The first-order chi connectivity index (χ1) is 17.2. The molecule has 0 saturated heterocycles. The predicted octanol–water partition coefficient (Wildman–Crippen LogP) is 5.66. The Morgan fingerprint density at radius 1 is 0.657 bits per heavy atom. The molecule has 1 nitrogen and oxygen atoms in total. The van der Waals surface area contributed by atoms with Gasteiger partial charge in [-0.25, -0.2) is 0 Å². The van der Waals surface area contributed by atoms with E-state index in [9.17, 15) is 0 Å². The van der Waals surface area contributed by atoms with Crippen LogP contribution >= 0.6 is 15.9 Å². The van der Waals surface area contributed by atoms with Gasteiger partial charge in [0.25, 0.3) is 0 Å². The topological polar surface area (TPSA) is 12.9 Å². The molecule has 0 saturated carbocycles. The summed E-state index contributed by atoms with van der Waals surface area (Å²) in [5.41, 5.74) is 3.28. The minimum atomic E-state index is -2.60. The van der Waals surface area contributed by atoms with E-state index in [0.29, 0.717) is 0 Å². The van der Waals surface area contributed by atoms with Crippen molar-refractivity contribution in [3.8, 4) is 0 Å². The Balaban J connectivity index is 1.82. The van der Waals surface area contributed by atoms with Crippen molar-refractivity contribution in [1.82, 2.24) is 4.98 Å². The molecule has 0 amide bonds. The van der Waals surface area contributed by atoms with Crippen LogP contribution < -0.4 is 20.7 Å². The first-order valence-electron chi connectivity index (χ1n) is 11.8. The lowest BCUT2D eigenvalue weighted by atomic mass is 10.2. The number of nitrogens with zero attached hydrogens (tertiary/aromatic N) is 1. The van der Waals surface area contributed by atoms with Crippen molar-refractivity contribution in [2.75, 3.05) is 0 Å². The average molecular weight is 533 g/mol. The molecule has 35 heavy (non-hydrogen) atoms. The van der Waals surface area contributed by atoms with E-state index < -0.39 is 8.07 Å². The number of aryl methyl sites for hydroxylation is 1. The van der Waals surface area contributed by atoms with Crippen molar-refractivity contribution in [3.63, 3.8) is 0 Å². The molecule has 0 fully saturated rings. The summed E-state index contributed by atoms with van der Waals surface area (Å²) in [5, 5.41) is 5.44. The number of pyridine rings is 1. The first kappa shape index (κ1) is 23.2. The summed E-state index contributed by atoms with van der Waals surface area (Å²) < 4.78 is 0.974. The average Bonchev–Trinajstić information content (AvgIpc) is 2.92. The maximum atomic E-state index is 4.84. The second-order valence-corrected chi connectivity index (χ2v) is 13.3. The van der Waals surface area contributed by atoms with Crippen LogP contribution in [-0.4, -0.2) is 13.1 Å². The summed E-state index contributed by atoms with van der Waals surface area (Å²) in [7, 11) is -2.60. The lowest BCUT2D eigenvalue weighted by Gasteiger charge is -2.35. The maximum Gasteiger partial charge on any atom is 0.180 e. The van der Waals surface area contributed by atoms with Gasteiger partial charge in [-0.05, 0) is 66.9 Å². The van der Waals surface area contributed by atoms with Gasteiger partial charge in [0.05, 0.1) is 5.69 Å². The molecule has 170 valence electrons. The van der Waals surface area contributed by atoms with Crippen LogP contribution in [0.1, 0.15) is 16.8 Å². The number of hydrogen-bond donors (Lipinski definition) is 0.